The maximum atomic E-state index is 4.00. The lowest BCUT2D eigenvalue weighted by Gasteiger charge is -2.53. The normalized spacial score (nSPS) is 48.8. The van der Waals surface area contributed by atoms with Crippen molar-refractivity contribution in [1.29, 1.82) is 0 Å². The van der Waals surface area contributed by atoms with Crippen LogP contribution in [0.2, 0.25) is 0 Å². The minimum Gasteiger partial charge on any atom is -0.103 e. The molecular weight excluding hydrogens is 156 g/mol. The monoisotopic (exact) mass is 176 g/mol. The van der Waals surface area contributed by atoms with E-state index in [1.165, 1.54) is 25.7 Å². The molecule has 0 heterocycles. The van der Waals surface area contributed by atoms with Gasteiger partial charge < -0.3 is 0 Å². The van der Waals surface area contributed by atoms with Crippen LogP contribution in [0.5, 0.6) is 0 Å². The van der Waals surface area contributed by atoms with Crippen LogP contribution in [0.3, 0.4) is 0 Å². The van der Waals surface area contributed by atoms with Crippen molar-refractivity contribution in [3.63, 3.8) is 0 Å². The van der Waals surface area contributed by atoms with Crippen LogP contribution < -0.4 is 0 Å². The van der Waals surface area contributed by atoms with E-state index >= 15 is 0 Å². The highest BCUT2D eigenvalue weighted by molar-refractivity contribution is 5.10. The first kappa shape index (κ1) is 9.05. The topological polar surface area (TPSA) is 0 Å². The second kappa shape index (κ2) is 3.01. The number of rotatable bonds is 2. The van der Waals surface area contributed by atoms with Gasteiger partial charge in [-0.05, 0) is 48.9 Å². The van der Waals surface area contributed by atoms with Gasteiger partial charge in [0.2, 0.25) is 0 Å². The molecule has 2 fully saturated rings. The van der Waals surface area contributed by atoms with Crippen LogP contribution in [0.25, 0.3) is 0 Å². The van der Waals surface area contributed by atoms with E-state index in [1.54, 1.807) is 0 Å². The van der Waals surface area contributed by atoms with Crippen molar-refractivity contribution >= 4 is 0 Å². The van der Waals surface area contributed by atoms with Gasteiger partial charge in [0, 0.05) is 0 Å². The average Bonchev–Trinajstić information content (AvgIpc) is 2.10. The van der Waals surface area contributed by atoms with Crippen molar-refractivity contribution in [2.75, 3.05) is 0 Å². The number of allylic oxidation sites excluding steroid dienone is 2. The first-order chi connectivity index (χ1) is 6.21. The maximum absolute atomic E-state index is 4.00. The van der Waals surface area contributed by atoms with E-state index in [-0.39, 0.29) is 0 Å². The van der Waals surface area contributed by atoms with Gasteiger partial charge in [-0.1, -0.05) is 19.1 Å². The van der Waals surface area contributed by atoms with Gasteiger partial charge >= 0.3 is 0 Å². The fourth-order valence-electron chi connectivity index (χ4n) is 3.26. The molecule has 0 amide bonds. The van der Waals surface area contributed by atoms with Crippen LogP contribution in [-0.2, 0) is 0 Å². The molecule has 2 aliphatic carbocycles. The molecule has 0 aromatic rings. The molecular formula is C13H20. The molecule has 0 bridgehead atoms. The van der Waals surface area contributed by atoms with E-state index in [9.17, 15) is 0 Å². The van der Waals surface area contributed by atoms with Crippen molar-refractivity contribution in [3.05, 3.63) is 25.3 Å². The predicted octanol–water partition coefficient (Wildman–Crippen LogP) is 3.80. The summed E-state index contributed by atoms with van der Waals surface area (Å²) >= 11 is 0. The third-order valence-corrected chi connectivity index (χ3v) is 4.47. The Hall–Kier alpha value is -0.520. The Bertz CT molecular complexity index is 228. The van der Waals surface area contributed by atoms with E-state index in [4.69, 9.17) is 0 Å². The summed E-state index contributed by atoms with van der Waals surface area (Å²) in [6, 6.07) is 0. The molecule has 0 N–H and O–H groups in total. The molecule has 0 heteroatoms. The Kier molecular flexibility index (Phi) is 2.09. The quantitative estimate of drug-likeness (QED) is 0.561. The zero-order valence-electron chi connectivity index (χ0n) is 8.63. The molecule has 2 saturated carbocycles. The number of hydrogen-bond donors (Lipinski definition) is 0. The summed E-state index contributed by atoms with van der Waals surface area (Å²) in [6.07, 6.45) is 9.95. The van der Waals surface area contributed by atoms with Crippen LogP contribution in [0.15, 0.2) is 25.3 Å². The molecule has 0 saturated heterocycles. The Morgan fingerprint density at radius 1 is 1.23 bits per heavy atom. The highest BCUT2D eigenvalue weighted by Crippen LogP contribution is 2.56. The first-order valence-corrected chi connectivity index (χ1v) is 5.47. The molecule has 4 unspecified atom stereocenters. The van der Waals surface area contributed by atoms with Gasteiger partial charge in [-0.3, -0.25) is 0 Å². The predicted molar refractivity (Wildman–Crippen MR) is 57.4 cm³/mol. The third-order valence-electron chi connectivity index (χ3n) is 4.47. The molecule has 4 atom stereocenters. The van der Waals surface area contributed by atoms with Crippen LogP contribution in [-0.4, -0.2) is 0 Å². The molecule has 0 aromatic heterocycles. The fourth-order valence-corrected chi connectivity index (χ4v) is 3.26. The average molecular weight is 176 g/mol. The minimum absolute atomic E-state index is 0.337. The molecule has 0 radical (unpaired) electrons. The summed E-state index contributed by atoms with van der Waals surface area (Å²) in [7, 11) is 0. The molecule has 0 aliphatic heterocycles. The SMILES string of the molecule is C=CC1C2CCC2CCC1(C)C=C. The first-order valence-electron chi connectivity index (χ1n) is 5.47. The van der Waals surface area contributed by atoms with Crippen LogP contribution in [0.4, 0.5) is 0 Å². The van der Waals surface area contributed by atoms with E-state index in [2.05, 4.69) is 32.2 Å². The van der Waals surface area contributed by atoms with Gasteiger partial charge in [0.15, 0.2) is 0 Å². The lowest BCUT2D eigenvalue weighted by atomic mass is 9.52. The highest BCUT2D eigenvalue weighted by Gasteiger charge is 2.47. The van der Waals surface area contributed by atoms with Gasteiger partial charge in [0.1, 0.15) is 0 Å². The summed E-state index contributed by atoms with van der Waals surface area (Å²) in [5, 5.41) is 0. The zero-order chi connectivity index (χ0) is 9.47. The number of hydrogen-bond acceptors (Lipinski definition) is 0. The standard InChI is InChI=1S/C13H20/c1-4-12-11-7-6-10(11)8-9-13(12,3)5-2/h4-5,10-12H,1-2,6-9H2,3H3. The van der Waals surface area contributed by atoms with E-state index in [1.807, 2.05) is 0 Å². The van der Waals surface area contributed by atoms with Crippen LogP contribution in [0.1, 0.15) is 32.6 Å². The molecule has 2 rings (SSSR count). The summed E-state index contributed by atoms with van der Waals surface area (Å²) in [4.78, 5) is 0. The lowest BCUT2D eigenvalue weighted by Crippen LogP contribution is -2.44. The van der Waals surface area contributed by atoms with Crippen LogP contribution >= 0.6 is 0 Å². The van der Waals surface area contributed by atoms with Crippen molar-refractivity contribution in [3.8, 4) is 0 Å². The van der Waals surface area contributed by atoms with E-state index < -0.39 is 0 Å². The molecule has 0 nitrogen and oxygen atoms in total. The molecule has 2 aliphatic rings. The molecule has 72 valence electrons. The largest absolute Gasteiger partial charge is 0.103 e. The van der Waals surface area contributed by atoms with Gasteiger partial charge in [0.05, 0.1) is 0 Å². The second-order valence-corrected chi connectivity index (χ2v) is 5.01. The second-order valence-electron chi connectivity index (χ2n) is 5.01. The van der Waals surface area contributed by atoms with Crippen molar-refractivity contribution in [1.82, 2.24) is 0 Å². The summed E-state index contributed by atoms with van der Waals surface area (Å²) < 4.78 is 0. The van der Waals surface area contributed by atoms with Gasteiger partial charge in [-0.25, -0.2) is 0 Å². The van der Waals surface area contributed by atoms with Gasteiger partial charge in [-0.2, -0.15) is 0 Å². The zero-order valence-corrected chi connectivity index (χ0v) is 8.63. The molecule has 13 heavy (non-hydrogen) atoms. The summed E-state index contributed by atoms with van der Waals surface area (Å²) in [5.74, 6) is 2.63. The van der Waals surface area contributed by atoms with Crippen molar-refractivity contribution in [2.45, 2.75) is 32.6 Å². The van der Waals surface area contributed by atoms with Gasteiger partial charge in [-0.15, -0.1) is 13.2 Å². The number of fused-ring (bicyclic) bond motifs is 1. The minimum atomic E-state index is 0.337. The van der Waals surface area contributed by atoms with E-state index in [0.717, 1.165) is 11.8 Å². The highest BCUT2D eigenvalue weighted by atomic mass is 14.5. The third kappa shape index (κ3) is 1.19. The molecule has 0 spiro atoms. The van der Waals surface area contributed by atoms with Crippen molar-refractivity contribution in [2.24, 2.45) is 23.2 Å². The summed E-state index contributed by atoms with van der Waals surface area (Å²) in [5.41, 5.74) is 0.337. The Balaban J connectivity index is 2.21. The summed E-state index contributed by atoms with van der Waals surface area (Å²) in [6.45, 7) is 10.3. The fraction of sp³-hybridized carbons (Fsp3) is 0.692. The molecule has 0 aromatic carbocycles. The van der Waals surface area contributed by atoms with Crippen molar-refractivity contribution < 1.29 is 0 Å². The van der Waals surface area contributed by atoms with Gasteiger partial charge in [0.25, 0.3) is 0 Å². The Labute approximate surface area is 81.7 Å². The smallest absolute Gasteiger partial charge is 0.00837 e. The lowest BCUT2D eigenvalue weighted by molar-refractivity contribution is 0.00826. The Morgan fingerprint density at radius 2 is 2.00 bits per heavy atom. The maximum Gasteiger partial charge on any atom is -0.00837 e. The van der Waals surface area contributed by atoms with E-state index in [0.29, 0.717) is 11.3 Å². The van der Waals surface area contributed by atoms with Crippen LogP contribution in [0, 0.1) is 23.2 Å². The Morgan fingerprint density at radius 3 is 2.46 bits per heavy atom.